The second-order valence-electron chi connectivity index (χ2n) is 5.58. The zero-order valence-corrected chi connectivity index (χ0v) is 10.5. The second-order valence-corrected chi connectivity index (χ2v) is 5.58. The number of carbonyl (C=O) groups excluding carboxylic acids is 1. The van der Waals surface area contributed by atoms with Gasteiger partial charge in [0.25, 0.3) is 0 Å². The molecule has 2 heteroatoms. The quantitative estimate of drug-likeness (QED) is 0.602. The summed E-state index contributed by atoms with van der Waals surface area (Å²) in [5.74, 6) is 0.242. The molecule has 0 atom stereocenters. The van der Waals surface area contributed by atoms with E-state index in [9.17, 15) is 4.79 Å². The van der Waals surface area contributed by atoms with Crippen molar-refractivity contribution in [2.24, 2.45) is 5.41 Å². The molecule has 2 nitrogen and oxygen atoms in total. The summed E-state index contributed by atoms with van der Waals surface area (Å²) < 4.78 is 0. The fraction of sp³-hybridized carbons (Fsp3) is 0.923. The van der Waals surface area contributed by atoms with Crippen LogP contribution in [0.25, 0.3) is 0 Å². The van der Waals surface area contributed by atoms with Crippen LogP contribution in [0.2, 0.25) is 0 Å². The van der Waals surface area contributed by atoms with E-state index in [1.165, 1.54) is 32.1 Å². The Morgan fingerprint density at radius 1 is 1.00 bits per heavy atom. The van der Waals surface area contributed by atoms with Crippen LogP contribution in [0.5, 0.6) is 0 Å². The molecule has 1 saturated heterocycles. The van der Waals surface area contributed by atoms with Crippen LogP contribution in [-0.4, -0.2) is 23.9 Å². The molecule has 0 unspecified atom stereocenters. The van der Waals surface area contributed by atoms with Gasteiger partial charge >= 0.3 is 0 Å². The van der Waals surface area contributed by atoms with E-state index in [4.69, 9.17) is 0 Å². The maximum absolute atomic E-state index is 11.4. The van der Waals surface area contributed by atoms with E-state index in [1.54, 1.807) is 6.92 Å². The van der Waals surface area contributed by atoms with Crippen molar-refractivity contribution in [2.75, 3.05) is 13.1 Å². The molecule has 0 spiro atoms. The molecule has 0 aliphatic carbocycles. The lowest BCUT2D eigenvalue weighted by Crippen LogP contribution is -2.33. The maximum Gasteiger partial charge on any atom is 0.219 e. The lowest BCUT2D eigenvalue weighted by Gasteiger charge is -2.30. The van der Waals surface area contributed by atoms with Gasteiger partial charge in [-0.3, -0.25) is 4.79 Å². The Morgan fingerprint density at radius 2 is 1.67 bits per heavy atom. The highest BCUT2D eigenvalue weighted by atomic mass is 16.2. The monoisotopic (exact) mass is 211 g/mol. The molecule has 88 valence electrons. The summed E-state index contributed by atoms with van der Waals surface area (Å²) in [6.07, 6.45) is 7.59. The van der Waals surface area contributed by atoms with Crippen molar-refractivity contribution in [3.05, 3.63) is 0 Å². The lowest BCUT2D eigenvalue weighted by molar-refractivity contribution is -0.129. The van der Waals surface area contributed by atoms with Crippen molar-refractivity contribution in [1.29, 1.82) is 0 Å². The van der Waals surface area contributed by atoms with Crippen LogP contribution in [0.3, 0.4) is 0 Å². The number of hydrogen-bond acceptors (Lipinski definition) is 1. The highest BCUT2D eigenvalue weighted by Crippen LogP contribution is 2.29. The van der Waals surface area contributed by atoms with Gasteiger partial charge in [-0.15, -0.1) is 0 Å². The Bertz CT molecular complexity index is 211. The summed E-state index contributed by atoms with van der Waals surface area (Å²) in [5, 5.41) is 0. The summed E-state index contributed by atoms with van der Waals surface area (Å²) in [5.41, 5.74) is 0.408. The number of hydrogen-bond donors (Lipinski definition) is 0. The van der Waals surface area contributed by atoms with Gasteiger partial charge in [-0.05, 0) is 24.7 Å². The van der Waals surface area contributed by atoms with Gasteiger partial charge < -0.3 is 4.90 Å². The van der Waals surface area contributed by atoms with Gasteiger partial charge in [0, 0.05) is 20.0 Å². The third-order valence-corrected chi connectivity index (χ3v) is 3.54. The van der Waals surface area contributed by atoms with E-state index in [1.807, 2.05) is 4.90 Å². The first-order chi connectivity index (χ1) is 7.01. The Labute approximate surface area is 94.0 Å². The Hall–Kier alpha value is -0.530. The minimum absolute atomic E-state index is 0.242. The molecule has 0 saturated carbocycles. The molecular weight excluding hydrogens is 186 g/mol. The standard InChI is InChI=1S/C13H25NO/c1-12(15)14-10-7-5-4-6-8-13(2,3)9-11-14/h4-11H2,1-3H3. The first-order valence-electron chi connectivity index (χ1n) is 6.27. The van der Waals surface area contributed by atoms with E-state index >= 15 is 0 Å². The van der Waals surface area contributed by atoms with Gasteiger partial charge in [0.05, 0.1) is 0 Å². The number of amides is 1. The Kier molecular flexibility index (Phi) is 4.62. The smallest absolute Gasteiger partial charge is 0.219 e. The molecule has 1 rings (SSSR count). The Balaban J connectivity index is 2.52. The molecule has 0 aromatic rings. The SMILES string of the molecule is CC(=O)N1CCCCCCC(C)(C)CC1. The highest BCUT2D eigenvalue weighted by Gasteiger charge is 2.20. The molecule has 1 amide bonds. The topological polar surface area (TPSA) is 20.3 Å². The van der Waals surface area contributed by atoms with Crippen LogP contribution in [0.15, 0.2) is 0 Å². The largest absolute Gasteiger partial charge is 0.343 e. The summed E-state index contributed by atoms with van der Waals surface area (Å²) in [6, 6.07) is 0. The van der Waals surface area contributed by atoms with Crippen molar-refractivity contribution < 1.29 is 4.79 Å². The first kappa shape index (κ1) is 12.5. The predicted octanol–water partition coefficient (Wildman–Crippen LogP) is 3.22. The number of carbonyl (C=O) groups is 1. The summed E-state index contributed by atoms with van der Waals surface area (Å²) in [7, 11) is 0. The molecule has 1 heterocycles. The van der Waals surface area contributed by atoms with Gasteiger partial charge in [-0.25, -0.2) is 0 Å². The third kappa shape index (κ3) is 4.67. The van der Waals surface area contributed by atoms with Crippen molar-refractivity contribution >= 4 is 5.91 Å². The average molecular weight is 211 g/mol. The van der Waals surface area contributed by atoms with Crippen molar-refractivity contribution in [3.8, 4) is 0 Å². The van der Waals surface area contributed by atoms with Crippen molar-refractivity contribution in [2.45, 2.75) is 59.3 Å². The van der Waals surface area contributed by atoms with Crippen LogP contribution in [0.1, 0.15) is 59.3 Å². The van der Waals surface area contributed by atoms with Gasteiger partial charge in [0.15, 0.2) is 0 Å². The molecule has 0 aromatic carbocycles. The van der Waals surface area contributed by atoms with E-state index in [2.05, 4.69) is 13.8 Å². The van der Waals surface area contributed by atoms with Gasteiger partial charge in [-0.2, -0.15) is 0 Å². The van der Waals surface area contributed by atoms with E-state index < -0.39 is 0 Å². The maximum atomic E-state index is 11.4. The molecule has 1 aliphatic rings. The fourth-order valence-corrected chi connectivity index (χ4v) is 2.25. The van der Waals surface area contributed by atoms with Crippen molar-refractivity contribution in [3.63, 3.8) is 0 Å². The molecule has 0 aromatic heterocycles. The van der Waals surface area contributed by atoms with Crippen LogP contribution < -0.4 is 0 Å². The van der Waals surface area contributed by atoms with Crippen LogP contribution in [0, 0.1) is 5.41 Å². The van der Waals surface area contributed by atoms with Crippen LogP contribution >= 0.6 is 0 Å². The van der Waals surface area contributed by atoms with Crippen molar-refractivity contribution in [1.82, 2.24) is 4.90 Å². The van der Waals surface area contributed by atoms with E-state index in [-0.39, 0.29) is 5.91 Å². The molecular formula is C13H25NO. The fourth-order valence-electron chi connectivity index (χ4n) is 2.25. The molecule has 1 aliphatic heterocycles. The molecule has 0 N–H and O–H groups in total. The van der Waals surface area contributed by atoms with Gasteiger partial charge in [-0.1, -0.05) is 33.1 Å². The normalized spacial score (nSPS) is 23.5. The minimum atomic E-state index is 0.242. The van der Waals surface area contributed by atoms with E-state index in [0.29, 0.717) is 5.41 Å². The number of nitrogens with zero attached hydrogens (tertiary/aromatic N) is 1. The number of rotatable bonds is 0. The second kappa shape index (κ2) is 5.53. The van der Waals surface area contributed by atoms with E-state index in [0.717, 1.165) is 19.5 Å². The van der Waals surface area contributed by atoms with Crippen LogP contribution in [0.4, 0.5) is 0 Å². The average Bonchev–Trinajstić information content (AvgIpc) is 2.14. The highest BCUT2D eigenvalue weighted by molar-refractivity contribution is 5.73. The summed E-state index contributed by atoms with van der Waals surface area (Å²) in [6.45, 7) is 8.26. The lowest BCUT2D eigenvalue weighted by atomic mass is 9.83. The molecule has 15 heavy (non-hydrogen) atoms. The first-order valence-corrected chi connectivity index (χ1v) is 6.27. The Morgan fingerprint density at radius 3 is 2.33 bits per heavy atom. The summed E-state index contributed by atoms with van der Waals surface area (Å²) in [4.78, 5) is 13.4. The summed E-state index contributed by atoms with van der Waals surface area (Å²) >= 11 is 0. The van der Waals surface area contributed by atoms with Gasteiger partial charge in [0.2, 0.25) is 5.91 Å². The third-order valence-electron chi connectivity index (χ3n) is 3.54. The molecule has 0 radical (unpaired) electrons. The molecule has 0 bridgehead atoms. The molecule has 1 fully saturated rings. The van der Waals surface area contributed by atoms with Crippen LogP contribution in [-0.2, 0) is 4.79 Å². The minimum Gasteiger partial charge on any atom is -0.343 e. The zero-order chi connectivity index (χ0) is 11.3. The zero-order valence-electron chi connectivity index (χ0n) is 10.5. The predicted molar refractivity (Wildman–Crippen MR) is 63.7 cm³/mol. The van der Waals surface area contributed by atoms with Gasteiger partial charge in [0.1, 0.15) is 0 Å².